The molecule has 1 unspecified atom stereocenters. The van der Waals surface area contributed by atoms with Gasteiger partial charge in [0.25, 0.3) is 0 Å². The minimum atomic E-state index is -0.504. The van der Waals surface area contributed by atoms with Gasteiger partial charge < -0.3 is 15.0 Å². The lowest BCUT2D eigenvalue weighted by atomic mass is 9.93. The second kappa shape index (κ2) is 8.24. The van der Waals surface area contributed by atoms with Crippen LogP contribution in [-0.4, -0.2) is 57.6 Å². The van der Waals surface area contributed by atoms with Crippen molar-refractivity contribution >= 4 is 17.5 Å². The van der Waals surface area contributed by atoms with Crippen molar-refractivity contribution in [2.24, 2.45) is 11.8 Å². The van der Waals surface area contributed by atoms with Gasteiger partial charge in [-0.05, 0) is 37.7 Å². The van der Waals surface area contributed by atoms with E-state index in [0.717, 1.165) is 30.6 Å². The Morgan fingerprint density at radius 1 is 1.23 bits per heavy atom. The summed E-state index contributed by atoms with van der Waals surface area (Å²) in [4.78, 5) is 31.1. The van der Waals surface area contributed by atoms with E-state index in [9.17, 15) is 9.59 Å². The second-order valence-corrected chi connectivity index (χ2v) is 9.42. The van der Waals surface area contributed by atoms with Gasteiger partial charge in [0.2, 0.25) is 17.7 Å². The lowest BCUT2D eigenvalue weighted by Crippen LogP contribution is -2.49. The third-order valence-electron chi connectivity index (χ3n) is 6.04. The van der Waals surface area contributed by atoms with Crippen LogP contribution in [-0.2, 0) is 15.0 Å². The van der Waals surface area contributed by atoms with Crippen molar-refractivity contribution in [3.05, 3.63) is 24.0 Å². The van der Waals surface area contributed by atoms with Crippen molar-refractivity contribution in [1.82, 2.24) is 24.8 Å². The Labute approximate surface area is 177 Å². The van der Waals surface area contributed by atoms with Gasteiger partial charge in [-0.2, -0.15) is 0 Å². The molecule has 2 aliphatic rings. The lowest BCUT2D eigenvalue weighted by Gasteiger charge is -2.34. The summed E-state index contributed by atoms with van der Waals surface area (Å²) < 4.78 is 7.72. The fourth-order valence-corrected chi connectivity index (χ4v) is 4.05. The lowest BCUT2D eigenvalue weighted by molar-refractivity contribution is -0.144. The van der Waals surface area contributed by atoms with Crippen LogP contribution in [0.15, 0.2) is 18.3 Å². The second-order valence-electron chi connectivity index (χ2n) is 9.42. The van der Waals surface area contributed by atoms with Crippen LogP contribution in [0.2, 0.25) is 0 Å². The molecule has 0 aliphatic carbocycles. The van der Waals surface area contributed by atoms with Crippen LogP contribution in [0.25, 0.3) is 5.65 Å². The van der Waals surface area contributed by atoms with Crippen molar-refractivity contribution in [3.8, 4) is 5.88 Å². The summed E-state index contributed by atoms with van der Waals surface area (Å²) in [5.41, 5.74) is 1.78. The number of amides is 2. The zero-order valence-electron chi connectivity index (χ0n) is 18.1. The first-order valence-electron chi connectivity index (χ1n) is 10.9. The molecule has 0 aromatic carbocycles. The van der Waals surface area contributed by atoms with E-state index in [0.29, 0.717) is 44.5 Å². The quantitative estimate of drug-likeness (QED) is 0.776. The van der Waals surface area contributed by atoms with Crippen LogP contribution in [0.3, 0.4) is 0 Å². The standard InChI is InChI=1S/C22H31N5O3/c1-22(2,3)17-13-27-18(24-17)6-7-19(25-27)30-14-15-8-11-26(12-9-15)21(29)16-5-4-10-23-20(16)28/h6-7,13,15-16H,4-5,8-12,14H2,1-3H3,(H,23,28). The first-order valence-corrected chi connectivity index (χ1v) is 10.9. The SMILES string of the molecule is CC(C)(C)c1cn2nc(OCC3CCN(C(=O)C4CCCNC4=O)CC3)ccc2n1. The minimum absolute atomic E-state index is 0.0200. The molecule has 0 bridgehead atoms. The molecule has 30 heavy (non-hydrogen) atoms. The molecule has 0 saturated carbocycles. The number of rotatable bonds is 4. The number of nitrogens with one attached hydrogen (secondary N) is 1. The largest absolute Gasteiger partial charge is 0.476 e. The summed E-state index contributed by atoms with van der Waals surface area (Å²) in [6, 6.07) is 3.78. The molecule has 0 spiro atoms. The van der Waals surface area contributed by atoms with E-state index in [1.165, 1.54) is 0 Å². The number of aromatic nitrogens is 3. The predicted octanol–water partition coefficient (Wildman–Crippen LogP) is 2.17. The molecule has 2 aromatic heterocycles. The van der Waals surface area contributed by atoms with Crippen LogP contribution in [0.1, 0.15) is 52.1 Å². The third-order valence-corrected chi connectivity index (χ3v) is 6.04. The molecule has 0 radical (unpaired) electrons. The Balaban J connectivity index is 1.29. The summed E-state index contributed by atoms with van der Waals surface area (Å²) in [7, 11) is 0. The monoisotopic (exact) mass is 413 g/mol. The third kappa shape index (κ3) is 4.42. The molecular weight excluding hydrogens is 382 g/mol. The zero-order chi connectivity index (χ0) is 21.3. The van der Waals surface area contributed by atoms with Crippen LogP contribution >= 0.6 is 0 Å². The van der Waals surface area contributed by atoms with Crippen molar-refractivity contribution in [2.45, 2.75) is 51.9 Å². The molecule has 2 aromatic rings. The van der Waals surface area contributed by atoms with Crippen LogP contribution in [0.4, 0.5) is 0 Å². The van der Waals surface area contributed by atoms with Gasteiger partial charge in [-0.15, -0.1) is 5.10 Å². The number of likely N-dealkylation sites (tertiary alicyclic amines) is 1. The van der Waals surface area contributed by atoms with Crippen molar-refractivity contribution in [2.75, 3.05) is 26.2 Å². The van der Waals surface area contributed by atoms with Gasteiger partial charge in [-0.3, -0.25) is 9.59 Å². The molecular formula is C22H31N5O3. The summed E-state index contributed by atoms with van der Waals surface area (Å²) in [6.07, 6.45) is 5.24. The zero-order valence-corrected chi connectivity index (χ0v) is 18.1. The average molecular weight is 414 g/mol. The number of fused-ring (bicyclic) bond motifs is 1. The maximum absolute atomic E-state index is 12.7. The van der Waals surface area contributed by atoms with Gasteiger partial charge in [0.1, 0.15) is 5.92 Å². The number of ether oxygens (including phenoxy) is 1. The van der Waals surface area contributed by atoms with Crippen molar-refractivity contribution in [1.29, 1.82) is 0 Å². The van der Waals surface area contributed by atoms with E-state index in [2.05, 4.69) is 36.2 Å². The number of carbonyl (C=O) groups excluding carboxylic acids is 2. The van der Waals surface area contributed by atoms with E-state index in [1.807, 2.05) is 23.2 Å². The van der Waals surface area contributed by atoms with E-state index < -0.39 is 5.92 Å². The minimum Gasteiger partial charge on any atom is -0.476 e. The molecule has 2 fully saturated rings. The topological polar surface area (TPSA) is 88.8 Å². The summed E-state index contributed by atoms with van der Waals surface area (Å²) in [5.74, 6) is 0.314. The molecule has 1 N–H and O–H groups in total. The Bertz CT molecular complexity index is 924. The Hall–Kier alpha value is -2.64. The highest BCUT2D eigenvalue weighted by Crippen LogP contribution is 2.24. The normalized spacial score (nSPS) is 21.0. The van der Waals surface area contributed by atoms with Gasteiger partial charge >= 0.3 is 0 Å². The first kappa shape index (κ1) is 20.6. The Kier molecular flexibility index (Phi) is 5.66. The summed E-state index contributed by atoms with van der Waals surface area (Å²) in [6.45, 7) is 9.00. The van der Waals surface area contributed by atoms with Crippen molar-refractivity contribution < 1.29 is 14.3 Å². The predicted molar refractivity (Wildman–Crippen MR) is 112 cm³/mol. The number of imidazole rings is 1. The molecule has 162 valence electrons. The maximum atomic E-state index is 12.7. The van der Waals surface area contributed by atoms with E-state index >= 15 is 0 Å². The molecule has 2 aliphatic heterocycles. The number of hydrogen-bond acceptors (Lipinski definition) is 5. The van der Waals surface area contributed by atoms with Gasteiger partial charge in [0.15, 0.2) is 5.65 Å². The van der Waals surface area contributed by atoms with Gasteiger partial charge in [0.05, 0.1) is 18.5 Å². The van der Waals surface area contributed by atoms with E-state index in [4.69, 9.17) is 4.74 Å². The Morgan fingerprint density at radius 2 is 2.00 bits per heavy atom. The number of piperidine rings is 2. The van der Waals surface area contributed by atoms with Crippen LogP contribution < -0.4 is 10.1 Å². The maximum Gasteiger partial charge on any atom is 0.235 e. The summed E-state index contributed by atoms with van der Waals surface area (Å²) >= 11 is 0. The molecule has 8 nitrogen and oxygen atoms in total. The highest BCUT2D eigenvalue weighted by Gasteiger charge is 2.34. The fourth-order valence-electron chi connectivity index (χ4n) is 4.05. The van der Waals surface area contributed by atoms with Gasteiger partial charge in [-0.25, -0.2) is 9.50 Å². The average Bonchev–Trinajstić information content (AvgIpc) is 3.16. The highest BCUT2D eigenvalue weighted by molar-refractivity contribution is 6.00. The van der Waals surface area contributed by atoms with Crippen LogP contribution in [0, 0.1) is 11.8 Å². The van der Waals surface area contributed by atoms with Crippen molar-refractivity contribution in [3.63, 3.8) is 0 Å². The van der Waals surface area contributed by atoms with Gasteiger partial charge in [0, 0.05) is 31.1 Å². The van der Waals surface area contributed by atoms with E-state index in [1.54, 1.807) is 4.52 Å². The number of nitrogens with zero attached hydrogens (tertiary/aromatic N) is 4. The molecule has 2 saturated heterocycles. The number of carbonyl (C=O) groups is 2. The van der Waals surface area contributed by atoms with Crippen LogP contribution in [0.5, 0.6) is 5.88 Å². The Morgan fingerprint density at radius 3 is 2.70 bits per heavy atom. The summed E-state index contributed by atoms with van der Waals surface area (Å²) in [5, 5.41) is 7.33. The molecule has 4 heterocycles. The molecule has 4 rings (SSSR count). The molecule has 2 amide bonds. The molecule has 1 atom stereocenters. The smallest absolute Gasteiger partial charge is 0.235 e. The number of hydrogen-bond donors (Lipinski definition) is 1. The van der Waals surface area contributed by atoms with Gasteiger partial charge in [-0.1, -0.05) is 20.8 Å². The fraction of sp³-hybridized carbons (Fsp3) is 0.636. The van der Waals surface area contributed by atoms with E-state index in [-0.39, 0.29) is 17.2 Å². The highest BCUT2D eigenvalue weighted by atomic mass is 16.5. The first-order chi connectivity index (χ1) is 14.3. The molecule has 8 heteroatoms.